The average Bonchev–Trinajstić information content (AvgIpc) is 1.98. The summed E-state index contributed by atoms with van der Waals surface area (Å²) in [6.45, 7) is 0.700. The van der Waals surface area contributed by atoms with Gasteiger partial charge in [0.1, 0.15) is 6.61 Å². The van der Waals surface area contributed by atoms with Crippen molar-refractivity contribution >= 4 is 5.91 Å². The van der Waals surface area contributed by atoms with E-state index in [0.29, 0.717) is 6.54 Å². The van der Waals surface area contributed by atoms with E-state index in [1.54, 1.807) is 0 Å². The Morgan fingerprint density at radius 2 is 2.33 bits per heavy atom. The van der Waals surface area contributed by atoms with Crippen LogP contribution in [0.25, 0.3) is 0 Å². The molecule has 0 bridgehead atoms. The topological polar surface area (TPSA) is 64.3 Å². The minimum atomic E-state index is -0.136. The molecule has 1 amide bonds. The van der Waals surface area contributed by atoms with Gasteiger partial charge in [0, 0.05) is 19.2 Å². The number of hydrogen-bond donors (Lipinski definition) is 2. The molecule has 70 valence electrons. The van der Waals surface area contributed by atoms with Crippen molar-refractivity contribution in [2.24, 2.45) is 5.73 Å². The van der Waals surface area contributed by atoms with Crippen LogP contribution in [0.1, 0.15) is 19.3 Å². The van der Waals surface area contributed by atoms with Crippen LogP contribution in [0.15, 0.2) is 0 Å². The third kappa shape index (κ3) is 2.46. The van der Waals surface area contributed by atoms with E-state index in [0.717, 1.165) is 12.8 Å². The van der Waals surface area contributed by atoms with Crippen LogP contribution >= 0.6 is 0 Å². The highest BCUT2D eigenvalue weighted by molar-refractivity contribution is 5.77. The highest BCUT2D eigenvalue weighted by atomic mass is 16.5. The van der Waals surface area contributed by atoms with Crippen LogP contribution < -0.4 is 11.1 Å². The van der Waals surface area contributed by atoms with Crippen molar-refractivity contribution in [1.29, 1.82) is 0 Å². The predicted molar refractivity (Wildman–Crippen MR) is 45.7 cm³/mol. The number of rotatable bonds is 4. The summed E-state index contributed by atoms with van der Waals surface area (Å²) in [6, 6.07) is 0. The van der Waals surface area contributed by atoms with Crippen molar-refractivity contribution in [3.05, 3.63) is 0 Å². The number of hydrogen-bond acceptors (Lipinski definition) is 3. The fourth-order valence-electron chi connectivity index (χ4n) is 1.26. The van der Waals surface area contributed by atoms with E-state index in [9.17, 15) is 4.79 Å². The number of amides is 1. The van der Waals surface area contributed by atoms with E-state index < -0.39 is 0 Å². The van der Waals surface area contributed by atoms with Crippen LogP contribution in [-0.2, 0) is 9.53 Å². The maximum Gasteiger partial charge on any atom is 0.246 e. The van der Waals surface area contributed by atoms with E-state index in [2.05, 4.69) is 10.1 Å². The van der Waals surface area contributed by atoms with Crippen LogP contribution in [0.5, 0.6) is 0 Å². The molecule has 0 radical (unpaired) electrons. The van der Waals surface area contributed by atoms with Crippen molar-refractivity contribution in [3.8, 4) is 0 Å². The quantitative estimate of drug-likeness (QED) is 0.608. The summed E-state index contributed by atoms with van der Waals surface area (Å²) in [5.41, 5.74) is 5.76. The molecule has 1 rings (SSSR count). The SMILES string of the molecule is COCC(=O)NCC1(N)CCC1. The summed E-state index contributed by atoms with van der Waals surface area (Å²) in [5, 5.41) is 2.74. The Labute approximate surface area is 72.5 Å². The molecule has 4 heteroatoms. The normalized spacial score (nSPS) is 19.8. The molecule has 4 nitrogen and oxygen atoms in total. The van der Waals surface area contributed by atoms with Gasteiger partial charge in [-0.2, -0.15) is 0 Å². The van der Waals surface area contributed by atoms with Crippen LogP contribution in [0.4, 0.5) is 0 Å². The summed E-state index contributed by atoms with van der Waals surface area (Å²) in [6.07, 6.45) is 3.21. The zero-order valence-electron chi connectivity index (χ0n) is 7.43. The molecule has 1 aliphatic rings. The minimum Gasteiger partial charge on any atom is -0.375 e. The molecule has 0 aliphatic heterocycles. The van der Waals surface area contributed by atoms with Crippen molar-refractivity contribution in [3.63, 3.8) is 0 Å². The summed E-state index contributed by atoms with van der Waals surface area (Å²) in [7, 11) is 1.50. The van der Waals surface area contributed by atoms with Crippen molar-refractivity contribution < 1.29 is 9.53 Å². The zero-order valence-corrected chi connectivity index (χ0v) is 7.43. The van der Waals surface area contributed by atoms with Gasteiger partial charge in [-0.1, -0.05) is 0 Å². The Hall–Kier alpha value is -0.610. The molecule has 3 N–H and O–H groups in total. The third-order valence-corrected chi connectivity index (χ3v) is 2.26. The monoisotopic (exact) mass is 172 g/mol. The Bertz CT molecular complexity index is 166. The van der Waals surface area contributed by atoms with Crippen LogP contribution in [-0.4, -0.2) is 31.7 Å². The molecule has 0 saturated heterocycles. The average molecular weight is 172 g/mol. The van der Waals surface area contributed by atoms with Gasteiger partial charge >= 0.3 is 0 Å². The summed E-state index contributed by atoms with van der Waals surface area (Å²) >= 11 is 0. The van der Waals surface area contributed by atoms with Gasteiger partial charge in [0.05, 0.1) is 0 Å². The second-order valence-electron chi connectivity index (χ2n) is 3.43. The molecular weight excluding hydrogens is 156 g/mol. The number of carbonyl (C=O) groups excluding carboxylic acids is 1. The van der Waals surface area contributed by atoms with E-state index >= 15 is 0 Å². The van der Waals surface area contributed by atoms with Gasteiger partial charge in [-0.3, -0.25) is 4.79 Å². The number of nitrogens with two attached hydrogens (primary N) is 1. The van der Waals surface area contributed by atoms with Gasteiger partial charge < -0.3 is 15.8 Å². The van der Waals surface area contributed by atoms with Gasteiger partial charge in [-0.05, 0) is 19.3 Å². The first-order chi connectivity index (χ1) is 5.66. The standard InChI is InChI=1S/C8H16N2O2/c1-12-5-7(11)10-6-8(9)3-2-4-8/h2-6,9H2,1H3,(H,10,11). The van der Waals surface area contributed by atoms with Gasteiger partial charge in [-0.25, -0.2) is 0 Å². The maximum atomic E-state index is 10.9. The molecule has 0 unspecified atom stereocenters. The predicted octanol–water partition coefficient (Wildman–Crippen LogP) is -0.370. The van der Waals surface area contributed by atoms with Crippen molar-refractivity contribution in [1.82, 2.24) is 5.32 Å². The van der Waals surface area contributed by atoms with Crippen LogP contribution in [0.2, 0.25) is 0 Å². The van der Waals surface area contributed by atoms with Gasteiger partial charge in [0.15, 0.2) is 0 Å². The number of carbonyl (C=O) groups is 1. The molecule has 1 aliphatic carbocycles. The molecule has 0 aromatic rings. The summed E-state index contributed by atoms with van der Waals surface area (Å²) in [4.78, 5) is 10.9. The van der Waals surface area contributed by atoms with Gasteiger partial charge in [-0.15, -0.1) is 0 Å². The first-order valence-electron chi connectivity index (χ1n) is 4.21. The molecule has 12 heavy (non-hydrogen) atoms. The second kappa shape index (κ2) is 3.87. The molecule has 1 saturated carbocycles. The Morgan fingerprint density at radius 3 is 2.75 bits per heavy atom. The number of nitrogens with one attached hydrogen (secondary N) is 1. The highest BCUT2D eigenvalue weighted by Crippen LogP contribution is 2.27. The van der Waals surface area contributed by atoms with Gasteiger partial charge in [0.2, 0.25) is 5.91 Å². The largest absolute Gasteiger partial charge is 0.375 e. The van der Waals surface area contributed by atoms with Crippen molar-refractivity contribution in [2.45, 2.75) is 24.8 Å². The van der Waals surface area contributed by atoms with Crippen LogP contribution in [0, 0.1) is 0 Å². The molecular formula is C8H16N2O2. The molecule has 0 atom stereocenters. The fourth-order valence-corrected chi connectivity index (χ4v) is 1.26. The molecule has 0 aromatic heterocycles. The van der Waals surface area contributed by atoms with E-state index in [1.807, 2.05) is 0 Å². The second-order valence-corrected chi connectivity index (χ2v) is 3.43. The van der Waals surface area contributed by atoms with E-state index in [1.165, 1.54) is 13.5 Å². The first-order valence-corrected chi connectivity index (χ1v) is 4.21. The number of ether oxygens (including phenoxy) is 1. The minimum absolute atomic E-state index is 0.0887. The number of methoxy groups -OCH3 is 1. The Balaban J connectivity index is 2.12. The first kappa shape index (κ1) is 9.48. The highest BCUT2D eigenvalue weighted by Gasteiger charge is 2.32. The lowest BCUT2D eigenvalue weighted by molar-refractivity contribution is -0.125. The molecule has 0 spiro atoms. The van der Waals surface area contributed by atoms with E-state index in [4.69, 9.17) is 5.73 Å². The maximum absolute atomic E-state index is 10.9. The Morgan fingerprint density at radius 1 is 1.67 bits per heavy atom. The smallest absolute Gasteiger partial charge is 0.246 e. The molecule has 0 heterocycles. The fraction of sp³-hybridized carbons (Fsp3) is 0.875. The van der Waals surface area contributed by atoms with E-state index in [-0.39, 0.29) is 18.1 Å². The summed E-state index contributed by atoms with van der Waals surface area (Å²) in [5.74, 6) is -0.0887. The zero-order chi connectivity index (χ0) is 9.03. The van der Waals surface area contributed by atoms with Crippen molar-refractivity contribution in [2.75, 3.05) is 20.3 Å². The lowest BCUT2D eigenvalue weighted by Crippen LogP contribution is -2.55. The lowest BCUT2D eigenvalue weighted by atomic mass is 9.78. The lowest BCUT2D eigenvalue weighted by Gasteiger charge is -2.38. The molecule has 1 fully saturated rings. The summed E-state index contributed by atoms with van der Waals surface area (Å²) < 4.78 is 4.67. The molecule has 0 aromatic carbocycles. The van der Waals surface area contributed by atoms with Crippen LogP contribution in [0.3, 0.4) is 0 Å². The van der Waals surface area contributed by atoms with Gasteiger partial charge in [0.25, 0.3) is 0 Å². The Kier molecular flexibility index (Phi) is 3.05. The third-order valence-electron chi connectivity index (χ3n) is 2.26.